The molecule has 0 amide bonds. The van der Waals surface area contributed by atoms with E-state index in [-0.39, 0.29) is 10.2 Å². The molecular weight excluding hydrogens is 343 g/mol. The van der Waals surface area contributed by atoms with Crippen molar-refractivity contribution in [1.82, 2.24) is 9.38 Å². The van der Waals surface area contributed by atoms with E-state index in [1.165, 1.54) is 16.7 Å². The lowest BCUT2D eigenvalue weighted by Gasteiger charge is -2.15. The molecule has 114 valence electrons. The zero-order valence-electron chi connectivity index (χ0n) is 10.4. The highest BCUT2D eigenvalue weighted by Gasteiger charge is 2.45. The first-order valence-corrected chi connectivity index (χ1v) is 7.22. The van der Waals surface area contributed by atoms with Crippen LogP contribution in [0, 0.1) is 0 Å². The molecule has 9 heteroatoms. The van der Waals surface area contributed by atoms with Crippen LogP contribution >= 0.6 is 34.8 Å². The number of imidazole rings is 1. The molecule has 0 bridgehead atoms. The third-order valence-corrected chi connectivity index (χ3v) is 4.46. The van der Waals surface area contributed by atoms with Crippen molar-refractivity contribution in [2.45, 2.75) is 24.4 Å². The first kappa shape index (κ1) is 15.3. The summed E-state index contributed by atoms with van der Waals surface area (Å²) in [7, 11) is 0. The van der Waals surface area contributed by atoms with Gasteiger partial charge in [0.1, 0.15) is 30.1 Å². The van der Waals surface area contributed by atoms with E-state index < -0.39 is 31.0 Å². The Balaban J connectivity index is 2.12. The van der Waals surface area contributed by atoms with Crippen molar-refractivity contribution >= 4 is 40.4 Å². The van der Waals surface area contributed by atoms with Gasteiger partial charge in [0.05, 0.1) is 22.3 Å². The molecule has 1 aliphatic heterocycles. The van der Waals surface area contributed by atoms with Crippen LogP contribution < -0.4 is 0 Å². The van der Waals surface area contributed by atoms with E-state index in [0.29, 0.717) is 16.4 Å². The van der Waals surface area contributed by atoms with Crippen LogP contribution in [0.2, 0.25) is 15.2 Å². The first-order chi connectivity index (χ1) is 9.93. The quantitative estimate of drug-likeness (QED) is 0.761. The van der Waals surface area contributed by atoms with Crippen LogP contribution in [0.1, 0.15) is 11.8 Å². The molecule has 0 aromatic carbocycles. The number of pyridine rings is 1. The maximum absolute atomic E-state index is 10.1. The highest BCUT2D eigenvalue weighted by molar-refractivity contribution is 6.42. The Morgan fingerprint density at radius 1 is 1.19 bits per heavy atom. The molecule has 2 aromatic rings. The SMILES string of the molecule is OC[C@H]1O[C@@H](c2c(Cl)nc3cc(Cl)c(Cl)cn23)[C@H](O)[C@@H]1O. The summed E-state index contributed by atoms with van der Waals surface area (Å²) in [5.41, 5.74) is 0.773. The third kappa shape index (κ3) is 2.41. The van der Waals surface area contributed by atoms with Crippen molar-refractivity contribution in [3.05, 3.63) is 33.2 Å². The van der Waals surface area contributed by atoms with Gasteiger partial charge in [0.15, 0.2) is 5.15 Å². The fourth-order valence-corrected chi connectivity index (χ4v) is 2.99. The first-order valence-electron chi connectivity index (χ1n) is 6.09. The van der Waals surface area contributed by atoms with Gasteiger partial charge in [0.25, 0.3) is 0 Å². The second kappa shape index (κ2) is 5.55. The highest BCUT2D eigenvalue weighted by Crippen LogP contribution is 2.38. The molecule has 3 rings (SSSR count). The fraction of sp³-hybridized carbons (Fsp3) is 0.417. The minimum absolute atomic E-state index is 0.100. The molecule has 1 aliphatic rings. The van der Waals surface area contributed by atoms with Gasteiger partial charge in [-0.3, -0.25) is 4.40 Å². The summed E-state index contributed by atoms with van der Waals surface area (Å²) in [5, 5.41) is 29.8. The predicted octanol–water partition coefficient (Wildman–Crippen LogP) is 1.45. The summed E-state index contributed by atoms with van der Waals surface area (Å²) in [6, 6.07) is 1.53. The number of hydrogen-bond acceptors (Lipinski definition) is 5. The average Bonchev–Trinajstić information content (AvgIpc) is 2.89. The molecule has 3 heterocycles. The Morgan fingerprint density at radius 3 is 2.52 bits per heavy atom. The van der Waals surface area contributed by atoms with Gasteiger partial charge >= 0.3 is 0 Å². The predicted molar refractivity (Wildman–Crippen MR) is 76.9 cm³/mol. The Bertz CT molecular complexity index is 693. The Labute approximate surface area is 134 Å². The number of nitrogens with zero attached hydrogens (tertiary/aromatic N) is 2. The highest BCUT2D eigenvalue weighted by atomic mass is 35.5. The van der Waals surface area contributed by atoms with Crippen LogP contribution in [-0.4, -0.2) is 49.6 Å². The van der Waals surface area contributed by atoms with Crippen molar-refractivity contribution in [2.75, 3.05) is 6.61 Å². The van der Waals surface area contributed by atoms with Crippen LogP contribution in [0.3, 0.4) is 0 Å². The third-order valence-electron chi connectivity index (χ3n) is 3.47. The van der Waals surface area contributed by atoms with Gasteiger partial charge in [-0.2, -0.15) is 0 Å². The molecule has 0 aliphatic carbocycles. The van der Waals surface area contributed by atoms with Crippen LogP contribution in [0.4, 0.5) is 0 Å². The zero-order chi connectivity index (χ0) is 15.3. The maximum Gasteiger partial charge on any atom is 0.154 e. The molecule has 1 fully saturated rings. The van der Waals surface area contributed by atoms with E-state index in [2.05, 4.69) is 4.98 Å². The summed E-state index contributed by atoms with van der Waals surface area (Å²) in [6.45, 7) is -0.421. The maximum atomic E-state index is 10.1. The van der Waals surface area contributed by atoms with Crippen molar-refractivity contribution in [3.8, 4) is 0 Å². The van der Waals surface area contributed by atoms with E-state index in [1.54, 1.807) is 0 Å². The number of aromatic nitrogens is 2. The van der Waals surface area contributed by atoms with Gasteiger partial charge in [-0.15, -0.1) is 0 Å². The Morgan fingerprint density at radius 2 is 1.90 bits per heavy atom. The number of fused-ring (bicyclic) bond motifs is 1. The number of aliphatic hydroxyl groups is 3. The zero-order valence-corrected chi connectivity index (χ0v) is 12.7. The standard InChI is InChI=1S/C12H11Cl3N2O4/c13-4-1-7-16-12(15)8(17(7)2-5(4)14)11-10(20)9(19)6(3-18)21-11/h1-2,6,9-11,18-20H,3H2/t6-,9-,10-,11+/m1/s1. The summed E-state index contributed by atoms with van der Waals surface area (Å²) < 4.78 is 7.01. The Kier molecular flexibility index (Phi) is 4.04. The van der Waals surface area contributed by atoms with Gasteiger partial charge in [-0.1, -0.05) is 34.8 Å². The molecule has 0 radical (unpaired) electrons. The molecular formula is C12H11Cl3N2O4. The van der Waals surface area contributed by atoms with E-state index in [4.69, 9.17) is 44.6 Å². The average molecular weight is 354 g/mol. The van der Waals surface area contributed by atoms with E-state index >= 15 is 0 Å². The van der Waals surface area contributed by atoms with Crippen molar-refractivity contribution < 1.29 is 20.1 Å². The molecule has 0 spiro atoms. The number of halogens is 3. The smallest absolute Gasteiger partial charge is 0.154 e. The van der Waals surface area contributed by atoms with Crippen LogP contribution in [0.25, 0.3) is 5.65 Å². The molecule has 3 N–H and O–H groups in total. The minimum Gasteiger partial charge on any atom is -0.394 e. The number of aliphatic hydroxyl groups excluding tert-OH is 3. The molecule has 6 nitrogen and oxygen atoms in total. The van der Waals surface area contributed by atoms with Crippen molar-refractivity contribution in [2.24, 2.45) is 0 Å². The van der Waals surface area contributed by atoms with E-state index in [0.717, 1.165) is 0 Å². The van der Waals surface area contributed by atoms with Crippen LogP contribution in [-0.2, 0) is 4.74 Å². The fourth-order valence-electron chi connectivity index (χ4n) is 2.41. The summed E-state index contributed by atoms with van der Waals surface area (Å²) >= 11 is 18.0. The largest absolute Gasteiger partial charge is 0.394 e. The van der Waals surface area contributed by atoms with E-state index in [9.17, 15) is 10.2 Å². The van der Waals surface area contributed by atoms with Gasteiger partial charge in [0, 0.05) is 12.3 Å². The molecule has 1 saturated heterocycles. The van der Waals surface area contributed by atoms with Gasteiger partial charge < -0.3 is 20.1 Å². The number of hydrogen-bond donors (Lipinski definition) is 3. The van der Waals surface area contributed by atoms with Gasteiger partial charge in [-0.05, 0) is 0 Å². The summed E-state index contributed by atoms with van der Waals surface area (Å²) in [4.78, 5) is 4.12. The van der Waals surface area contributed by atoms with Gasteiger partial charge in [0.2, 0.25) is 0 Å². The Hall–Kier alpha value is -0.600. The lowest BCUT2D eigenvalue weighted by Crippen LogP contribution is -2.32. The molecule has 2 aromatic heterocycles. The number of ether oxygens (including phenoxy) is 1. The normalized spacial score (nSPS) is 29.4. The number of rotatable bonds is 2. The molecule has 21 heavy (non-hydrogen) atoms. The molecule has 0 unspecified atom stereocenters. The molecule has 0 saturated carbocycles. The lowest BCUT2D eigenvalue weighted by molar-refractivity contribution is -0.0241. The van der Waals surface area contributed by atoms with Crippen LogP contribution in [0.5, 0.6) is 0 Å². The topological polar surface area (TPSA) is 87.2 Å². The van der Waals surface area contributed by atoms with Crippen molar-refractivity contribution in [1.29, 1.82) is 0 Å². The van der Waals surface area contributed by atoms with Gasteiger partial charge in [-0.25, -0.2) is 4.98 Å². The lowest BCUT2D eigenvalue weighted by atomic mass is 10.1. The summed E-state index contributed by atoms with van der Waals surface area (Å²) in [6.07, 6.45) is -2.79. The van der Waals surface area contributed by atoms with Crippen LogP contribution in [0.15, 0.2) is 12.3 Å². The summed E-state index contributed by atoms with van der Waals surface area (Å²) in [5.74, 6) is 0. The molecule has 4 atom stereocenters. The van der Waals surface area contributed by atoms with E-state index in [1.807, 2.05) is 0 Å². The monoisotopic (exact) mass is 352 g/mol. The minimum atomic E-state index is -1.24. The van der Waals surface area contributed by atoms with Crippen molar-refractivity contribution in [3.63, 3.8) is 0 Å². The second-order valence-electron chi connectivity index (χ2n) is 4.74. The second-order valence-corrected chi connectivity index (χ2v) is 5.92.